The number of rotatable bonds is 5. The van der Waals surface area contributed by atoms with Gasteiger partial charge in [-0.15, -0.1) is 0 Å². The Morgan fingerprint density at radius 1 is 1.45 bits per heavy atom. The van der Waals surface area contributed by atoms with Gasteiger partial charge in [0.25, 0.3) is 0 Å². The highest BCUT2D eigenvalue weighted by Gasteiger charge is 2.56. The lowest BCUT2D eigenvalue weighted by atomic mass is 9.77. The summed E-state index contributed by atoms with van der Waals surface area (Å²) in [5, 5.41) is 0. The summed E-state index contributed by atoms with van der Waals surface area (Å²) in [7, 11) is 1.91. The Morgan fingerprint density at radius 2 is 2.10 bits per heavy atom. The summed E-state index contributed by atoms with van der Waals surface area (Å²) < 4.78 is 0. The van der Waals surface area contributed by atoms with Gasteiger partial charge in [0, 0.05) is 30.5 Å². The highest BCUT2D eigenvalue weighted by molar-refractivity contribution is 5.92. The molecule has 2 rings (SSSR count). The van der Waals surface area contributed by atoms with E-state index in [1.165, 1.54) is 25.0 Å². The highest BCUT2D eigenvalue weighted by Crippen LogP contribution is 2.52. The van der Waals surface area contributed by atoms with Gasteiger partial charge in [-0.1, -0.05) is 27.4 Å². The zero-order chi connectivity index (χ0) is 15.1. The molecule has 114 valence electrons. The summed E-state index contributed by atoms with van der Waals surface area (Å²) >= 11 is 0. The third kappa shape index (κ3) is 2.11. The van der Waals surface area contributed by atoms with Crippen molar-refractivity contribution in [2.75, 3.05) is 7.05 Å². The first-order valence-electron chi connectivity index (χ1n) is 8.06. The van der Waals surface area contributed by atoms with Gasteiger partial charge in [0.2, 0.25) is 0 Å². The van der Waals surface area contributed by atoms with Crippen LogP contribution in [0.15, 0.2) is 17.3 Å². The number of likely N-dealkylation sites (tertiary alicyclic amines) is 1. The molecule has 3 heteroatoms. The van der Waals surface area contributed by atoms with Crippen LogP contribution in [0.5, 0.6) is 0 Å². The van der Waals surface area contributed by atoms with Crippen molar-refractivity contribution in [3.8, 4) is 0 Å². The molecular weight excluding hydrogens is 246 g/mol. The second kappa shape index (κ2) is 5.51. The van der Waals surface area contributed by atoms with Gasteiger partial charge in [-0.3, -0.25) is 4.99 Å². The van der Waals surface area contributed by atoms with Gasteiger partial charge in [0.05, 0.1) is 5.54 Å². The second-order valence-electron chi connectivity index (χ2n) is 6.93. The number of hydrogen-bond acceptors (Lipinski definition) is 3. The van der Waals surface area contributed by atoms with Crippen LogP contribution < -0.4 is 5.73 Å². The van der Waals surface area contributed by atoms with Gasteiger partial charge in [0.15, 0.2) is 0 Å². The maximum atomic E-state index is 6.41. The fraction of sp³-hybridized carbons (Fsp3) is 0.824. The van der Waals surface area contributed by atoms with E-state index in [4.69, 9.17) is 5.73 Å². The van der Waals surface area contributed by atoms with Crippen LogP contribution in [0.4, 0.5) is 0 Å². The molecule has 20 heavy (non-hydrogen) atoms. The Hall–Kier alpha value is -0.830. The topological polar surface area (TPSA) is 41.6 Å². The number of aliphatic imine (C=N–C) groups is 1. The summed E-state index contributed by atoms with van der Waals surface area (Å²) in [5.41, 5.74) is 8.83. The molecule has 1 aliphatic carbocycles. The van der Waals surface area contributed by atoms with Gasteiger partial charge >= 0.3 is 0 Å². The summed E-state index contributed by atoms with van der Waals surface area (Å²) in [6.45, 7) is 13.2. The normalized spacial score (nSPS) is 35.0. The van der Waals surface area contributed by atoms with Crippen molar-refractivity contribution >= 4 is 5.71 Å². The molecule has 0 spiro atoms. The van der Waals surface area contributed by atoms with E-state index in [0.717, 1.165) is 18.0 Å². The molecule has 0 bridgehead atoms. The molecule has 1 saturated heterocycles. The van der Waals surface area contributed by atoms with Crippen LogP contribution in [-0.4, -0.2) is 35.3 Å². The maximum absolute atomic E-state index is 6.41. The Labute approximate surface area is 124 Å². The molecule has 1 aliphatic heterocycles. The molecule has 4 atom stereocenters. The number of nitrogens with two attached hydrogens (primary N) is 1. The minimum absolute atomic E-state index is 0.0462. The van der Waals surface area contributed by atoms with Gasteiger partial charge in [-0.25, -0.2) is 0 Å². The first-order valence-corrected chi connectivity index (χ1v) is 8.06. The van der Waals surface area contributed by atoms with E-state index in [-0.39, 0.29) is 11.6 Å². The van der Waals surface area contributed by atoms with E-state index in [9.17, 15) is 0 Å². The Bertz CT molecular complexity index is 412. The van der Waals surface area contributed by atoms with Crippen molar-refractivity contribution in [3.63, 3.8) is 0 Å². The van der Waals surface area contributed by atoms with Crippen LogP contribution >= 0.6 is 0 Å². The predicted molar refractivity (Wildman–Crippen MR) is 87.0 cm³/mol. The summed E-state index contributed by atoms with van der Waals surface area (Å²) in [4.78, 5) is 7.10. The molecule has 0 amide bonds. The zero-order valence-electron chi connectivity index (χ0n) is 13.8. The fourth-order valence-electron chi connectivity index (χ4n) is 4.11. The molecule has 4 unspecified atom stereocenters. The molecule has 2 fully saturated rings. The molecule has 2 aliphatic rings. The predicted octanol–water partition coefficient (Wildman–Crippen LogP) is 3.21. The fourth-order valence-corrected chi connectivity index (χ4v) is 4.11. The van der Waals surface area contributed by atoms with Crippen LogP contribution in [0.3, 0.4) is 0 Å². The average molecular weight is 277 g/mol. The van der Waals surface area contributed by atoms with Crippen molar-refractivity contribution in [2.45, 2.75) is 71.0 Å². The van der Waals surface area contributed by atoms with E-state index < -0.39 is 0 Å². The number of fused-ring (bicyclic) bond motifs is 1. The Kier molecular flexibility index (Phi) is 4.29. The zero-order valence-corrected chi connectivity index (χ0v) is 13.8. The molecule has 2 N–H and O–H groups in total. The Morgan fingerprint density at radius 3 is 2.50 bits per heavy atom. The van der Waals surface area contributed by atoms with E-state index in [0.29, 0.717) is 12.0 Å². The quantitative estimate of drug-likeness (QED) is 0.784. The minimum Gasteiger partial charge on any atom is -0.360 e. The molecule has 0 radical (unpaired) electrons. The molecule has 0 aromatic carbocycles. The van der Waals surface area contributed by atoms with Gasteiger partial charge in [-0.2, -0.15) is 0 Å². The Balaban J connectivity index is 2.38. The molecule has 0 aromatic rings. The number of hydrogen-bond donors (Lipinski definition) is 1. The van der Waals surface area contributed by atoms with Gasteiger partial charge < -0.3 is 10.6 Å². The van der Waals surface area contributed by atoms with E-state index >= 15 is 0 Å². The monoisotopic (exact) mass is 277 g/mol. The summed E-state index contributed by atoms with van der Waals surface area (Å²) in [5.74, 6) is 1.23. The SMILES string of the molecule is C=C(C(N)C(C)C)N1C2CCC2CC1(CC)C(C)=NC. The third-order valence-electron chi connectivity index (χ3n) is 5.78. The molecule has 3 nitrogen and oxygen atoms in total. The van der Waals surface area contributed by atoms with Crippen molar-refractivity contribution in [1.29, 1.82) is 0 Å². The lowest BCUT2D eigenvalue weighted by Crippen LogP contribution is -2.55. The lowest BCUT2D eigenvalue weighted by molar-refractivity contribution is 0.126. The summed E-state index contributed by atoms with van der Waals surface area (Å²) in [6, 6.07) is 0.689. The second-order valence-corrected chi connectivity index (χ2v) is 6.93. The maximum Gasteiger partial charge on any atom is 0.0778 e. The molecule has 0 aromatic heterocycles. The molecule has 1 heterocycles. The standard InChI is InChI=1S/C17H31N3/c1-7-17(13(5)19-6)10-14-8-9-15(14)20(17)12(4)16(18)11(2)3/h11,14-16H,4,7-10,18H2,1-3,5-6H3. The average Bonchev–Trinajstić information content (AvgIpc) is 2.65. The van der Waals surface area contributed by atoms with E-state index in [1.54, 1.807) is 0 Å². The largest absolute Gasteiger partial charge is 0.360 e. The van der Waals surface area contributed by atoms with E-state index in [2.05, 4.69) is 44.2 Å². The van der Waals surface area contributed by atoms with Crippen LogP contribution in [-0.2, 0) is 0 Å². The number of nitrogens with zero attached hydrogens (tertiary/aromatic N) is 2. The van der Waals surface area contributed by atoms with Crippen LogP contribution in [0.25, 0.3) is 0 Å². The first-order chi connectivity index (χ1) is 9.39. The lowest BCUT2D eigenvalue weighted by Gasteiger charge is -2.47. The van der Waals surface area contributed by atoms with Crippen LogP contribution in [0, 0.1) is 11.8 Å². The smallest absolute Gasteiger partial charge is 0.0778 e. The first kappa shape index (κ1) is 15.6. The van der Waals surface area contributed by atoms with Crippen molar-refractivity contribution in [3.05, 3.63) is 12.3 Å². The van der Waals surface area contributed by atoms with Crippen molar-refractivity contribution in [2.24, 2.45) is 22.6 Å². The molecule has 1 saturated carbocycles. The highest BCUT2D eigenvalue weighted by atomic mass is 15.3. The van der Waals surface area contributed by atoms with Gasteiger partial charge in [0.1, 0.15) is 0 Å². The van der Waals surface area contributed by atoms with Crippen LogP contribution in [0.1, 0.15) is 53.4 Å². The van der Waals surface area contributed by atoms with Crippen molar-refractivity contribution < 1.29 is 0 Å². The van der Waals surface area contributed by atoms with E-state index in [1.807, 2.05) is 7.05 Å². The van der Waals surface area contributed by atoms with Crippen LogP contribution in [0.2, 0.25) is 0 Å². The van der Waals surface area contributed by atoms with Crippen molar-refractivity contribution in [1.82, 2.24) is 4.90 Å². The third-order valence-corrected chi connectivity index (χ3v) is 5.78. The summed E-state index contributed by atoms with van der Waals surface area (Å²) in [6.07, 6.45) is 4.95. The van der Waals surface area contributed by atoms with Gasteiger partial charge in [-0.05, 0) is 44.4 Å². The molecular formula is C17H31N3. The minimum atomic E-state index is 0.0462.